The van der Waals surface area contributed by atoms with Crippen molar-refractivity contribution in [3.05, 3.63) is 0 Å². The standard InChI is InChI=1S/C8H17N3O3/c1-5(2)6(9)7(12)11-3-4-14-8(10)13/h5-6H,3-4,9H2,1-2H3,(H2,10,13)(H,11,12)/t6-/m0/s1. The molecule has 0 aliphatic rings. The minimum atomic E-state index is -0.854. The lowest BCUT2D eigenvalue weighted by atomic mass is 10.1. The Morgan fingerprint density at radius 2 is 2.00 bits per heavy atom. The maximum Gasteiger partial charge on any atom is 0.404 e. The molecular weight excluding hydrogens is 186 g/mol. The molecule has 1 atom stereocenters. The number of carbonyl (C=O) groups is 2. The first kappa shape index (κ1) is 12.7. The van der Waals surface area contributed by atoms with Crippen LogP contribution in [-0.4, -0.2) is 31.2 Å². The molecule has 0 rings (SSSR count). The summed E-state index contributed by atoms with van der Waals surface area (Å²) in [4.78, 5) is 21.4. The number of nitrogens with two attached hydrogens (primary N) is 2. The van der Waals surface area contributed by atoms with E-state index in [4.69, 9.17) is 11.5 Å². The van der Waals surface area contributed by atoms with Crippen LogP contribution in [-0.2, 0) is 9.53 Å². The number of ether oxygens (including phenoxy) is 1. The molecule has 0 aromatic rings. The summed E-state index contributed by atoms with van der Waals surface area (Å²) < 4.78 is 4.42. The summed E-state index contributed by atoms with van der Waals surface area (Å²) in [6.45, 7) is 3.99. The van der Waals surface area contributed by atoms with Crippen LogP contribution in [0.25, 0.3) is 0 Å². The SMILES string of the molecule is CC(C)[C@H](N)C(=O)NCCOC(N)=O. The van der Waals surface area contributed by atoms with Gasteiger partial charge in [0.25, 0.3) is 0 Å². The highest BCUT2D eigenvalue weighted by molar-refractivity contribution is 5.81. The number of hydrogen-bond donors (Lipinski definition) is 3. The molecule has 0 aromatic carbocycles. The van der Waals surface area contributed by atoms with Crippen molar-refractivity contribution < 1.29 is 14.3 Å². The van der Waals surface area contributed by atoms with Crippen LogP contribution >= 0.6 is 0 Å². The van der Waals surface area contributed by atoms with Gasteiger partial charge in [-0.2, -0.15) is 0 Å². The summed E-state index contributed by atoms with van der Waals surface area (Å²) in [6.07, 6.45) is -0.854. The first-order valence-corrected chi connectivity index (χ1v) is 4.40. The monoisotopic (exact) mass is 203 g/mol. The molecule has 0 saturated carbocycles. The van der Waals surface area contributed by atoms with Gasteiger partial charge in [-0.1, -0.05) is 13.8 Å². The van der Waals surface area contributed by atoms with Crippen LogP contribution in [0.3, 0.4) is 0 Å². The van der Waals surface area contributed by atoms with Gasteiger partial charge in [-0.3, -0.25) is 4.79 Å². The smallest absolute Gasteiger partial charge is 0.404 e. The molecule has 2 amide bonds. The van der Waals surface area contributed by atoms with E-state index in [1.807, 2.05) is 13.8 Å². The van der Waals surface area contributed by atoms with Crippen LogP contribution in [0.4, 0.5) is 4.79 Å². The third-order valence-corrected chi connectivity index (χ3v) is 1.67. The first-order chi connectivity index (χ1) is 6.45. The zero-order chi connectivity index (χ0) is 11.1. The maximum absolute atomic E-state index is 11.2. The second kappa shape index (κ2) is 6.20. The van der Waals surface area contributed by atoms with Gasteiger partial charge in [0, 0.05) is 0 Å². The van der Waals surface area contributed by atoms with Crippen molar-refractivity contribution in [1.82, 2.24) is 5.32 Å². The van der Waals surface area contributed by atoms with Gasteiger partial charge in [-0.15, -0.1) is 0 Å². The predicted molar refractivity (Wildman–Crippen MR) is 51.4 cm³/mol. The average molecular weight is 203 g/mol. The molecule has 82 valence electrons. The van der Waals surface area contributed by atoms with Crippen molar-refractivity contribution >= 4 is 12.0 Å². The van der Waals surface area contributed by atoms with Crippen molar-refractivity contribution in [3.8, 4) is 0 Å². The predicted octanol–water partition coefficient (Wildman–Crippen LogP) is -0.819. The van der Waals surface area contributed by atoms with E-state index in [9.17, 15) is 9.59 Å². The normalized spacial score (nSPS) is 12.3. The molecule has 0 unspecified atom stereocenters. The third-order valence-electron chi connectivity index (χ3n) is 1.67. The Hall–Kier alpha value is -1.30. The van der Waals surface area contributed by atoms with Crippen LogP contribution in [0.2, 0.25) is 0 Å². The summed E-state index contributed by atoms with van der Waals surface area (Å²) in [6, 6.07) is -0.538. The van der Waals surface area contributed by atoms with Crippen LogP contribution in [0.15, 0.2) is 0 Å². The highest BCUT2D eigenvalue weighted by Gasteiger charge is 2.16. The zero-order valence-corrected chi connectivity index (χ0v) is 8.45. The van der Waals surface area contributed by atoms with E-state index in [1.165, 1.54) is 0 Å². The summed E-state index contributed by atoms with van der Waals surface area (Å²) in [5.74, 6) is -0.180. The topological polar surface area (TPSA) is 107 Å². The minimum absolute atomic E-state index is 0.0614. The van der Waals surface area contributed by atoms with Gasteiger partial charge in [-0.25, -0.2) is 4.79 Å². The number of nitrogens with one attached hydrogen (secondary N) is 1. The fourth-order valence-electron chi connectivity index (χ4n) is 0.746. The Balaban J connectivity index is 3.59. The molecule has 0 radical (unpaired) electrons. The molecule has 0 aromatic heterocycles. The molecule has 6 nitrogen and oxygen atoms in total. The fraction of sp³-hybridized carbons (Fsp3) is 0.750. The van der Waals surface area contributed by atoms with Gasteiger partial charge >= 0.3 is 6.09 Å². The van der Waals surface area contributed by atoms with E-state index in [1.54, 1.807) is 0 Å². The lowest BCUT2D eigenvalue weighted by Gasteiger charge is -2.14. The van der Waals surface area contributed by atoms with Crippen molar-refractivity contribution in [2.75, 3.05) is 13.2 Å². The lowest BCUT2D eigenvalue weighted by molar-refractivity contribution is -0.123. The Kier molecular flexibility index (Phi) is 5.62. The molecule has 14 heavy (non-hydrogen) atoms. The largest absolute Gasteiger partial charge is 0.448 e. The Labute approximate surface area is 83.0 Å². The molecule has 6 heteroatoms. The number of carbonyl (C=O) groups excluding carboxylic acids is 2. The zero-order valence-electron chi connectivity index (χ0n) is 8.45. The highest BCUT2D eigenvalue weighted by Crippen LogP contribution is 1.97. The van der Waals surface area contributed by atoms with Crippen molar-refractivity contribution in [2.45, 2.75) is 19.9 Å². The van der Waals surface area contributed by atoms with Crippen LogP contribution in [0, 0.1) is 5.92 Å². The minimum Gasteiger partial charge on any atom is -0.448 e. The van der Waals surface area contributed by atoms with Crippen molar-refractivity contribution in [3.63, 3.8) is 0 Å². The first-order valence-electron chi connectivity index (χ1n) is 4.40. The van der Waals surface area contributed by atoms with E-state index in [2.05, 4.69) is 10.1 Å². The van der Waals surface area contributed by atoms with Crippen LogP contribution < -0.4 is 16.8 Å². The quantitative estimate of drug-likeness (QED) is 0.507. The molecule has 0 aliphatic heterocycles. The maximum atomic E-state index is 11.2. The van der Waals surface area contributed by atoms with Crippen LogP contribution in [0.5, 0.6) is 0 Å². The molecule has 5 N–H and O–H groups in total. The fourth-order valence-corrected chi connectivity index (χ4v) is 0.746. The number of primary amides is 1. The molecular formula is C8H17N3O3. The van der Waals surface area contributed by atoms with Crippen molar-refractivity contribution in [2.24, 2.45) is 17.4 Å². The second-order valence-corrected chi connectivity index (χ2v) is 3.23. The van der Waals surface area contributed by atoms with Gasteiger partial charge in [0.15, 0.2) is 0 Å². The van der Waals surface area contributed by atoms with E-state index >= 15 is 0 Å². The summed E-state index contributed by atoms with van der Waals surface area (Å²) in [5, 5.41) is 2.52. The molecule has 0 heterocycles. The van der Waals surface area contributed by atoms with Gasteiger partial charge in [0.2, 0.25) is 5.91 Å². The Morgan fingerprint density at radius 1 is 1.43 bits per heavy atom. The van der Waals surface area contributed by atoms with Crippen molar-refractivity contribution in [1.29, 1.82) is 0 Å². The molecule has 0 spiro atoms. The van der Waals surface area contributed by atoms with Gasteiger partial charge in [-0.05, 0) is 5.92 Å². The Morgan fingerprint density at radius 3 is 2.43 bits per heavy atom. The summed E-state index contributed by atoms with van der Waals surface area (Å²) >= 11 is 0. The van der Waals surface area contributed by atoms with Gasteiger partial charge in [0.05, 0.1) is 12.6 Å². The molecule has 0 saturated heterocycles. The van der Waals surface area contributed by atoms with Crippen LogP contribution in [0.1, 0.15) is 13.8 Å². The lowest BCUT2D eigenvalue weighted by Crippen LogP contribution is -2.45. The third kappa shape index (κ3) is 5.36. The molecule has 0 fully saturated rings. The van der Waals surface area contributed by atoms with Gasteiger partial charge in [0.1, 0.15) is 6.61 Å². The highest BCUT2D eigenvalue weighted by atomic mass is 16.5. The summed E-state index contributed by atoms with van der Waals surface area (Å²) in [7, 11) is 0. The van der Waals surface area contributed by atoms with E-state index < -0.39 is 12.1 Å². The van der Waals surface area contributed by atoms with E-state index in [0.717, 1.165) is 0 Å². The molecule has 0 bridgehead atoms. The second-order valence-electron chi connectivity index (χ2n) is 3.23. The Bertz CT molecular complexity index is 206. The average Bonchev–Trinajstić information content (AvgIpc) is 2.10. The summed E-state index contributed by atoms with van der Waals surface area (Å²) in [5.41, 5.74) is 10.3. The molecule has 0 aliphatic carbocycles. The number of hydrogen-bond acceptors (Lipinski definition) is 4. The number of rotatable bonds is 5. The van der Waals surface area contributed by atoms with Gasteiger partial charge < -0.3 is 21.5 Å². The number of amides is 2. The van der Waals surface area contributed by atoms with E-state index in [0.29, 0.717) is 0 Å². The van der Waals surface area contributed by atoms with E-state index in [-0.39, 0.29) is 25.0 Å².